The van der Waals surface area contributed by atoms with Crippen LogP contribution in [0.2, 0.25) is 0 Å². The van der Waals surface area contributed by atoms with E-state index in [9.17, 15) is 9.59 Å². The summed E-state index contributed by atoms with van der Waals surface area (Å²) in [7, 11) is 0. The lowest BCUT2D eigenvalue weighted by Crippen LogP contribution is -2.28. The number of benzene rings is 1. The smallest absolute Gasteiger partial charge is 0.318 e. The van der Waals surface area contributed by atoms with Crippen LogP contribution in [0.25, 0.3) is 0 Å². The molecule has 0 aromatic heterocycles. The lowest BCUT2D eigenvalue weighted by Gasteiger charge is -2.17. The highest BCUT2D eigenvalue weighted by atomic mass is 79.9. The molecule has 1 atom stereocenters. The summed E-state index contributed by atoms with van der Waals surface area (Å²) < 4.78 is 0.718. The van der Waals surface area contributed by atoms with Crippen molar-refractivity contribution in [3.63, 3.8) is 0 Å². The molecular formula is C11H11BrO4. The maximum Gasteiger partial charge on any atom is 0.318 e. The number of rotatable bonds is 4. The number of carbonyl (C=O) groups is 2. The van der Waals surface area contributed by atoms with Crippen molar-refractivity contribution in [2.45, 2.75) is 12.8 Å². The van der Waals surface area contributed by atoms with Crippen LogP contribution >= 0.6 is 15.9 Å². The first-order valence-electron chi connectivity index (χ1n) is 4.65. The van der Waals surface area contributed by atoms with Gasteiger partial charge in [-0.15, -0.1) is 0 Å². The highest BCUT2D eigenvalue weighted by Crippen LogP contribution is 2.30. The van der Waals surface area contributed by atoms with Gasteiger partial charge in [-0.25, -0.2) is 0 Å². The Kier molecular flexibility index (Phi) is 4.06. The molecule has 1 aromatic rings. The van der Waals surface area contributed by atoms with Gasteiger partial charge >= 0.3 is 11.9 Å². The van der Waals surface area contributed by atoms with E-state index >= 15 is 0 Å². The average Bonchev–Trinajstić information content (AvgIpc) is 2.16. The highest BCUT2D eigenvalue weighted by Gasteiger charge is 2.33. The Morgan fingerprint density at radius 1 is 1.19 bits per heavy atom. The summed E-state index contributed by atoms with van der Waals surface area (Å²) in [6, 6.07) is 7.01. The van der Waals surface area contributed by atoms with E-state index in [1.165, 1.54) is 0 Å². The quantitative estimate of drug-likeness (QED) is 0.833. The molecule has 0 heterocycles. The second-order valence-electron chi connectivity index (χ2n) is 3.46. The molecule has 1 unspecified atom stereocenters. The molecule has 0 aliphatic rings. The van der Waals surface area contributed by atoms with E-state index in [0.29, 0.717) is 5.56 Å². The van der Waals surface area contributed by atoms with Crippen LogP contribution in [0.5, 0.6) is 0 Å². The van der Waals surface area contributed by atoms with Crippen LogP contribution in [-0.4, -0.2) is 22.2 Å². The number of aliphatic carboxylic acids is 2. The molecular weight excluding hydrogens is 276 g/mol. The standard InChI is InChI=1S/C11H11BrO4/c1-6(9(10(13)14)11(15)16)7-4-2-3-5-8(7)12/h2-6,9H,1H3,(H,13,14)(H,15,16). The van der Waals surface area contributed by atoms with Crippen LogP contribution in [0.15, 0.2) is 28.7 Å². The van der Waals surface area contributed by atoms with Crippen molar-refractivity contribution in [1.29, 1.82) is 0 Å². The van der Waals surface area contributed by atoms with Crippen molar-refractivity contribution in [1.82, 2.24) is 0 Å². The van der Waals surface area contributed by atoms with E-state index in [-0.39, 0.29) is 0 Å². The van der Waals surface area contributed by atoms with Crippen LogP contribution in [0.4, 0.5) is 0 Å². The van der Waals surface area contributed by atoms with Gasteiger partial charge in [-0.2, -0.15) is 0 Å². The molecule has 16 heavy (non-hydrogen) atoms. The number of carboxylic acids is 2. The summed E-state index contributed by atoms with van der Waals surface area (Å²) >= 11 is 3.28. The molecule has 1 rings (SSSR count). The topological polar surface area (TPSA) is 74.6 Å². The maximum atomic E-state index is 10.9. The Hall–Kier alpha value is -1.36. The van der Waals surface area contributed by atoms with Gasteiger partial charge in [0.1, 0.15) is 0 Å². The average molecular weight is 287 g/mol. The van der Waals surface area contributed by atoms with Crippen LogP contribution < -0.4 is 0 Å². The molecule has 0 bridgehead atoms. The van der Waals surface area contributed by atoms with Gasteiger partial charge in [0, 0.05) is 10.4 Å². The normalized spacial score (nSPS) is 12.4. The summed E-state index contributed by atoms with van der Waals surface area (Å²) in [4.78, 5) is 21.7. The van der Waals surface area contributed by atoms with Crippen molar-refractivity contribution in [2.24, 2.45) is 5.92 Å². The fraction of sp³-hybridized carbons (Fsp3) is 0.273. The largest absolute Gasteiger partial charge is 0.481 e. The number of hydrogen-bond donors (Lipinski definition) is 2. The third-order valence-electron chi connectivity index (χ3n) is 2.43. The van der Waals surface area contributed by atoms with Crippen LogP contribution in [-0.2, 0) is 9.59 Å². The molecule has 0 amide bonds. The molecule has 1 aromatic carbocycles. The highest BCUT2D eigenvalue weighted by molar-refractivity contribution is 9.10. The summed E-state index contributed by atoms with van der Waals surface area (Å²) in [6.45, 7) is 1.59. The molecule has 2 N–H and O–H groups in total. The monoisotopic (exact) mass is 286 g/mol. The zero-order valence-corrected chi connectivity index (χ0v) is 10.1. The predicted molar refractivity (Wildman–Crippen MR) is 61.3 cm³/mol. The van der Waals surface area contributed by atoms with Gasteiger partial charge < -0.3 is 10.2 Å². The Morgan fingerprint density at radius 3 is 2.12 bits per heavy atom. The third kappa shape index (κ3) is 2.61. The van der Waals surface area contributed by atoms with Gasteiger partial charge in [0.2, 0.25) is 0 Å². The molecule has 4 nitrogen and oxygen atoms in total. The molecule has 86 valence electrons. The Labute approximate surface area is 101 Å². The molecule has 0 spiro atoms. The van der Waals surface area contributed by atoms with Gasteiger partial charge in [0.15, 0.2) is 5.92 Å². The molecule has 0 saturated heterocycles. The van der Waals surface area contributed by atoms with Crippen molar-refractivity contribution < 1.29 is 19.8 Å². The van der Waals surface area contributed by atoms with E-state index < -0.39 is 23.8 Å². The van der Waals surface area contributed by atoms with Gasteiger partial charge in [-0.3, -0.25) is 9.59 Å². The fourth-order valence-corrected chi connectivity index (χ4v) is 2.20. The van der Waals surface area contributed by atoms with Gasteiger partial charge in [-0.05, 0) is 11.6 Å². The minimum atomic E-state index is -1.43. The molecule has 0 fully saturated rings. The lowest BCUT2D eigenvalue weighted by atomic mass is 9.88. The first-order valence-corrected chi connectivity index (χ1v) is 5.44. The SMILES string of the molecule is CC(c1ccccc1Br)C(C(=O)O)C(=O)O. The minimum absolute atomic E-state index is 0.592. The van der Waals surface area contributed by atoms with E-state index in [1.54, 1.807) is 31.2 Å². The zero-order chi connectivity index (χ0) is 12.3. The maximum absolute atomic E-state index is 10.9. The van der Waals surface area contributed by atoms with Gasteiger partial charge in [0.05, 0.1) is 0 Å². The second-order valence-corrected chi connectivity index (χ2v) is 4.32. The van der Waals surface area contributed by atoms with Gasteiger partial charge in [-0.1, -0.05) is 41.1 Å². The Balaban J connectivity index is 3.09. The predicted octanol–water partition coefficient (Wildman–Crippen LogP) is 2.34. The van der Waals surface area contributed by atoms with Crippen molar-refractivity contribution in [2.75, 3.05) is 0 Å². The molecule has 5 heteroatoms. The zero-order valence-electron chi connectivity index (χ0n) is 8.55. The van der Waals surface area contributed by atoms with Crippen molar-refractivity contribution in [3.8, 4) is 0 Å². The lowest BCUT2D eigenvalue weighted by molar-refractivity contribution is -0.155. The van der Waals surface area contributed by atoms with Gasteiger partial charge in [0.25, 0.3) is 0 Å². The first-order chi connectivity index (χ1) is 7.45. The summed E-state index contributed by atoms with van der Waals surface area (Å²) in [5.41, 5.74) is 0.678. The second kappa shape index (κ2) is 5.12. The van der Waals surface area contributed by atoms with Crippen LogP contribution in [0.3, 0.4) is 0 Å². The van der Waals surface area contributed by atoms with Crippen molar-refractivity contribution >= 4 is 27.9 Å². The third-order valence-corrected chi connectivity index (χ3v) is 3.15. The summed E-state index contributed by atoms with van der Waals surface area (Å²) in [5.74, 6) is -4.67. The Bertz CT molecular complexity index is 402. The molecule has 0 saturated carbocycles. The Morgan fingerprint density at radius 2 is 1.69 bits per heavy atom. The summed E-state index contributed by atoms with van der Waals surface area (Å²) in [5, 5.41) is 17.7. The molecule has 0 aliphatic heterocycles. The van der Waals surface area contributed by atoms with Crippen molar-refractivity contribution in [3.05, 3.63) is 34.3 Å². The fourth-order valence-electron chi connectivity index (χ4n) is 1.56. The molecule has 0 radical (unpaired) electrons. The van der Waals surface area contributed by atoms with E-state index in [1.807, 2.05) is 0 Å². The van der Waals surface area contributed by atoms with Crippen LogP contribution in [0, 0.1) is 5.92 Å². The van der Waals surface area contributed by atoms with E-state index in [2.05, 4.69) is 15.9 Å². The minimum Gasteiger partial charge on any atom is -0.481 e. The first kappa shape index (κ1) is 12.7. The number of carboxylic acid groups (broad SMARTS) is 2. The number of hydrogen-bond acceptors (Lipinski definition) is 2. The summed E-state index contributed by atoms with van der Waals surface area (Å²) in [6.07, 6.45) is 0. The number of halogens is 1. The van der Waals surface area contributed by atoms with E-state index in [0.717, 1.165) is 4.47 Å². The van der Waals surface area contributed by atoms with E-state index in [4.69, 9.17) is 10.2 Å². The van der Waals surface area contributed by atoms with Crippen LogP contribution in [0.1, 0.15) is 18.4 Å². The molecule has 0 aliphatic carbocycles.